The summed E-state index contributed by atoms with van der Waals surface area (Å²) in [6, 6.07) is 13.4. The van der Waals surface area contributed by atoms with Gasteiger partial charge in [-0.1, -0.05) is 30.0 Å². The number of rotatable bonds is 6. The summed E-state index contributed by atoms with van der Waals surface area (Å²) in [5.41, 5.74) is 2.60. The lowest BCUT2D eigenvalue weighted by Gasteiger charge is -2.10. The van der Waals surface area contributed by atoms with Crippen LogP contribution in [-0.2, 0) is 4.79 Å². The summed E-state index contributed by atoms with van der Waals surface area (Å²) in [4.78, 5) is 29.4. The number of amides is 1. The first-order valence-electron chi connectivity index (χ1n) is 9.43. The molecule has 30 heavy (non-hydrogen) atoms. The van der Waals surface area contributed by atoms with Crippen molar-refractivity contribution in [3.8, 4) is 5.69 Å². The Labute approximate surface area is 183 Å². The SMILES string of the molecule is O=C(CSc1nnc(C2CC2)n1-c1ccccc1)Nc1cc2[nH]c(=O)[nH]c2cc1Br. The van der Waals surface area contributed by atoms with Gasteiger partial charge >= 0.3 is 5.69 Å². The lowest BCUT2D eigenvalue weighted by molar-refractivity contribution is -0.113. The Bertz CT molecular complexity index is 1290. The number of nitrogens with one attached hydrogen (secondary N) is 3. The number of aromatic amines is 2. The fraction of sp³-hybridized carbons (Fsp3) is 0.200. The lowest BCUT2D eigenvalue weighted by atomic mass is 10.3. The average Bonchev–Trinajstić information content (AvgIpc) is 3.39. The van der Waals surface area contributed by atoms with Gasteiger partial charge in [-0.3, -0.25) is 9.36 Å². The minimum absolute atomic E-state index is 0.173. The Kier molecular flexibility index (Phi) is 4.95. The molecule has 2 aromatic heterocycles. The Hall–Kier alpha value is -2.85. The van der Waals surface area contributed by atoms with E-state index in [2.05, 4.69) is 41.4 Å². The first-order valence-corrected chi connectivity index (χ1v) is 11.2. The molecule has 1 aliphatic carbocycles. The normalized spacial score (nSPS) is 13.6. The quantitative estimate of drug-likeness (QED) is 0.360. The van der Waals surface area contributed by atoms with E-state index < -0.39 is 0 Å². The van der Waals surface area contributed by atoms with Crippen LogP contribution in [0.25, 0.3) is 16.7 Å². The zero-order valence-electron chi connectivity index (χ0n) is 15.7. The van der Waals surface area contributed by atoms with Crippen LogP contribution in [0.5, 0.6) is 0 Å². The highest BCUT2D eigenvalue weighted by Gasteiger charge is 2.31. The van der Waals surface area contributed by atoms with Crippen molar-refractivity contribution in [3.05, 3.63) is 63.2 Å². The molecule has 2 aromatic carbocycles. The van der Waals surface area contributed by atoms with E-state index in [0.29, 0.717) is 32.3 Å². The number of nitrogens with zero attached hydrogens (tertiary/aromatic N) is 3. The molecule has 1 amide bonds. The van der Waals surface area contributed by atoms with Gasteiger partial charge in [0.15, 0.2) is 5.16 Å². The maximum Gasteiger partial charge on any atom is 0.323 e. The maximum absolute atomic E-state index is 12.6. The smallest absolute Gasteiger partial charge is 0.323 e. The topological polar surface area (TPSA) is 108 Å². The molecule has 3 N–H and O–H groups in total. The minimum atomic E-state index is -0.289. The van der Waals surface area contributed by atoms with Crippen LogP contribution in [0.2, 0.25) is 0 Å². The highest BCUT2D eigenvalue weighted by molar-refractivity contribution is 9.10. The fourth-order valence-corrected chi connectivity index (χ4v) is 4.47. The molecule has 10 heteroatoms. The zero-order chi connectivity index (χ0) is 20.7. The molecule has 0 spiro atoms. The van der Waals surface area contributed by atoms with Gasteiger partial charge in [-0.05, 0) is 53.0 Å². The van der Waals surface area contributed by atoms with Gasteiger partial charge in [0.2, 0.25) is 5.91 Å². The first-order chi connectivity index (χ1) is 14.6. The second-order valence-electron chi connectivity index (χ2n) is 7.08. The molecule has 0 unspecified atom stereocenters. The second kappa shape index (κ2) is 7.77. The van der Waals surface area contributed by atoms with Crippen LogP contribution >= 0.6 is 27.7 Å². The molecule has 0 radical (unpaired) electrons. The summed E-state index contributed by atoms with van der Waals surface area (Å²) in [6.45, 7) is 0. The van der Waals surface area contributed by atoms with Crippen LogP contribution in [0.3, 0.4) is 0 Å². The summed E-state index contributed by atoms with van der Waals surface area (Å²) in [7, 11) is 0. The number of halogens is 1. The van der Waals surface area contributed by atoms with Crippen LogP contribution in [0.15, 0.2) is 56.9 Å². The Morgan fingerprint density at radius 2 is 1.90 bits per heavy atom. The molecule has 2 heterocycles. The third-order valence-corrected chi connectivity index (χ3v) is 6.41. The molecular formula is C20H17BrN6O2S. The van der Waals surface area contributed by atoms with Gasteiger partial charge in [0.1, 0.15) is 5.82 Å². The van der Waals surface area contributed by atoms with Gasteiger partial charge in [0.25, 0.3) is 0 Å². The number of hydrogen-bond acceptors (Lipinski definition) is 5. The number of fused-ring (bicyclic) bond motifs is 1. The van der Waals surface area contributed by atoms with E-state index in [1.54, 1.807) is 12.1 Å². The van der Waals surface area contributed by atoms with Crippen LogP contribution in [0, 0.1) is 0 Å². The molecule has 1 fully saturated rings. The van der Waals surface area contributed by atoms with Crippen molar-refractivity contribution in [1.29, 1.82) is 0 Å². The summed E-state index contributed by atoms with van der Waals surface area (Å²) in [5.74, 6) is 1.40. The zero-order valence-corrected chi connectivity index (χ0v) is 18.1. The summed E-state index contributed by atoms with van der Waals surface area (Å²) in [6.07, 6.45) is 2.24. The van der Waals surface area contributed by atoms with Gasteiger partial charge < -0.3 is 15.3 Å². The van der Waals surface area contributed by atoms with Gasteiger partial charge in [0, 0.05) is 16.1 Å². The third kappa shape index (κ3) is 3.80. The van der Waals surface area contributed by atoms with E-state index in [0.717, 1.165) is 24.4 Å². The summed E-state index contributed by atoms with van der Waals surface area (Å²) >= 11 is 4.78. The molecule has 1 aliphatic rings. The van der Waals surface area contributed by atoms with E-state index >= 15 is 0 Å². The molecule has 0 atom stereocenters. The predicted molar refractivity (Wildman–Crippen MR) is 119 cm³/mol. The molecule has 4 aromatic rings. The highest BCUT2D eigenvalue weighted by Crippen LogP contribution is 2.41. The minimum Gasteiger partial charge on any atom is -0.324 e. The highest BCUT2D eigenvalue weighted by atomic mass is 79.9. The van der Waals surface area contributed by atoms with Crippen molar-refractivity contribution in [2.24, 2.45) is 0 Å². The van der Waals surface area contributed by atoms with Gasteiger partial charge in [-0.15, -0.1) is 10.2 Å². The monoisotopic (exact) mass is 484 g/mol. The Balaban J connectivity index is 1.34. The Morgan fingerprint density at radius 3 is 2.63 bits per heavy atom. The van der Waals surface area contributed by atoms with Crippen molar-refractivity contribution in [2.45, 2.75) is 23.9 Å². The largest absolute Gasteiger partial charge is 0.324 e. The number of carbonyl (C=O) groups is 1. The van der Waals surface area contributed by atoms with Crippen LogP contribution in [0.1, 0.15) is 24.6 Å². The lowest BCUT2D eigenvalue weighted by Crippen LogP contribution is -2.15. The summed E-state index contributed by atoms with van der Waals surface area (Å²) in [5, 5.41) is 12.3. The van der Waals surface area contributed by atoms with Crippen LogP contribution in [0.4, 0.5) is 5.69 Å². The van der Waals surface area contributed by atoms with E-state index in [9.17, 15) is 9.59 Å². The van der Waals surface area contributed by atoms with E-state index in [1.165, 1.54) is 11.8 Å². The van der Waals surface area contributed by atoms with Crippen LogP contribution in [-0.4, -0.2) is 36.4 Å². The number of benzene rings is 2. The molecule has 0 aliphatic heterocycles. The Morgan fingerprint density at radius 1 is 1.17 bits per heavy atom. The molecule has 1 saturated carbocycles. The number of anilines is 1. The number of thioether (sulfide) groups is 1. The van der Waals surface area contributed by atoms with Crippen molar-refractivity contribution >= 4 is 50.3 Å². The van der Waals surface area contributed by atoms with E-state index in [4.69, 9.17) is 0 Å². The molecule has 152 valence electrons. The number of carbonyl (C=O) groups excluding carboxylic acids is 1. The van der Waals surface area contributed by atoms with Gasteiger partial charge in [-0.25, -0.2) is 4.79 Å². The maximum atomic E-state index is 12.6. The standard InChI is InChI=1S/C20H17BrN6O2S/c21-13-8-15-16(24-19(29)23-15)9-14(13)22-17(28)10-30-20-26-25-18(11-6-7-11)27(20)12-4-2-1-3-5-12/h1-5,8-9,11H,6-7,10H2,(H,22,28)(H2,23,24,29). The van der Waals surface area contributed by atoms with Crippen molar-refractivity contribution in [3.63, 3.8) is 0 Å². The molecule has 0 saturated heterocycles. The molecule has 8 nitrogen and oxygen atoms in total. The van der Waals surface area contributed by atoms with Gasteiger partial charge in [0.05, 0.1) is 22.5 Å². The fourth-order valence-electron chi connectivity index (χ4n) is 3.27. The van der Waals surface area contributed by atoms with Crippen molar-refractivity contribution < 1.29 is 4.79 Å². The van der Waals surface area contributed by atoms with Crippen LogP contribution < -0.4 is 11.0 Å². The summed E-state index contributed by atoms with van der Waals surface area (Å²) < 4.78 is 2.73. The number of hydrogen-bond donors (Lipinski definition) is 3. The number of para-hydroxylation sites is 1. The van der Waals surface area contributed by atoms with Gasteiger partial charge in [-0.2, -0.15) is 0 Å². The average molecular weight is 485 g/mol. The van der Waals surface area contributed by atoms with E-state index in [1.807, 2.05) is 34.9 Å². The van der Waals surface area contributed by atoms with E-state index in [-0.39, 0.29) is 17.3 Å². The third-order valence-electron chi connectivity index (χ3n) is 4.83. The van der Waals surface area contributed by atoms with Crippen molar-refractivity contribution in [1.82, 2.24) is 24.7 Å². The molecule has 0 bridgehead atoms. The second-order valence-corrected chi connectivity index (χ2v) is 8.88. The number of H-pyrrole nitrogens is 2. The molecular weight excluding hydrogens is 468 g/mol. The predicted octanol–water partition coefficient (Wildman–Crippen LogP) is 3.81. The molecule has 5 rings (SSSR count). The van der Waals surface area contributed by atoms with Crippen molar-refractivity contribution in [2.75, 3.05) is 11.1 Å². The number of imidazole rings is 1. The first kappa shape index (κ1) is 19.1. The number of aromatic nitrogens is 5.